The maximum Gasteiger partial charge on any atom is 0.327 e. The molecule has 3 heteroatoms. The highest BCUT2D eigenvalue weighted by atomic mass is 16.5. The highest BCUT2D eigenvalue weighted by Crippen LogP contribution is 2.21. The van der Waals surface area contributed by atoms with Gasteiger partial charge in [-0.2, -0.15) is 0 Å². The van der Waals surface area contributed by atoms with Crippen molar-refractivity contribution in [2.75, 3.05) is 6.61 Å². The first-order chi connectivity index (χ1) is 8.22. The number of nitrogens with one attached hydrogen (secondary N) is 1. The predicted molar refractivity (Wildman–Crippen MR) is 66.5 cm³/mol. The van der Waals surface area contributed by atoms with Crippen LogP contribution in [0.15, 0.2) is 42.5 Å². The van der Waals surface area contributed by atoms with Crippen molar-refractivity contribution in [3.63, 3.8) is 0 Å². The topological polar surface area (TPSA) is 38.3 Å². The fraction of sp³-hybridized carbons (Fsp3) is 0.357. The number of ether oxygens (including phenoxy) is 1. The van der Waals surface area contributed by atoms with E-state index in [1.165, 1.54) is 5.56 Å². The van der Waals surface area contributed by atoms with Crippen LogP contribution in [0.3, 0.4) is 0 Å². The van der Waals surface area contributed by atoms with Crippen molar-refractivity contribution in [2.45, 2.75) is 25.4 Å². The summed E-state index contributed by atoms with van der Waals surface area (Å²) in [7, 11) is 0. The molecular weight excluding hydrogens is 214 g/mol. The summed E-state index contributed by atoms with van der Waals surface area (Å²) in [5, 5.41) is 3.31. The van der Waals surface area contributed by atoms with Gasteiger partial charge in [-0.05, 0) is 17.6 Å². The van der Waals surface area contributed by atoms with Crippen LogP contribution in [-0.4, -0.2) is 18.6 Å². The van der Waals surface area contributed by atoms with E-state index in [1.807, 2.05) is 18.2 Å². The molecule has 1 aliphatic heterocycles. The molecule has 3 nitrogen and oxygen atoms in total. The van der Waals surface area contributed by atoms with Crippen molar-refractivity contribution in [3.05, 3.63) is 48.0 Å². The van der Waals surface area contributed by atoms with Crippen LogP contribution in [0.4, 0.5) is 0 Å². The van der Waals surface area contributed by atoms with Crippen LogP contribution in [0.25, 0.3) is 0 Å². The fourth-order valence-corrected chi connectivity index (χ4v) is 2.02. The van der Waals surface area contributed by atoms with Gasteiger partial charge in [0.1, 0.15) is 12.6 Å². The number of hydrogen-bond donors (Lipinski definition) is 1. The number of cyclic esters (lactones) is 1. The number of carbonyl (C=O) groups is 1. The quantitative estimate of drug-likeness (QED) is 0.637. The third-order valence-electron chi connectivity index (χ3n) is 3.02. The molecule has 2 rings (SSSR count). The van der Waals surface area contributed by atoms with Gasteiger partial charge in [-0.1, -0.05) is 43.8 Å². The molecule has 1 unspecified atom stereocenters. The Morgan fingerprint density at radius 3 is 2.71 bits per heavy atom. The zero-order valence-electron chi connectivity index (χ0n) is 9.98. The largest absolute Gasteiger partial charge is 0.460 e. The van der Waals surface area contributed by atoms with Crippen LogP contribution in [0, 0.1) is 0 Å². The van der Waals surface area contributed by atoms with Gasteiger partial charge >= 0.3 is 5.97 Å². The van der Waals surface area contributed by atoms with E-state index in [0.29, 0.717) is 6.61 Å². The highest BCUT2D eigenvalue weighted by Gasteiger charge is 2.31. The van der Waals surface area contributed by atoms with Crippen LogP contribution in [-0.2, 0) is 9.53 Å². The number of carbonyl (C=O) groups excluding carboxylic acids is 1. The van der Waals surface area contributed by atoms with Crippen LogP contribution >= 0.6 is 0 Å². The van der Waals surface area contributed by atoms with Crippen molar-refractivity contribution in [1.29, 1.82) is 0 Å². The van der Waals surface area contributed by atoms with Crippen molar-refractivity contribution in [2.24, 2.45) is 0 Å². The molecule has 0 amide bonds. The smallest absolute Gasteiger partial charge is 0.327 e. The normalized spacial score (nSPS) is 21.4. The Hall–Kier alpha value is -1.61. The first-order valence-corrected chi connectivity index (χ1v) is 5.87. The van der Waals surface area contributed by atoms with E-state index in [4.69, 9.17) is 4.74 Å². The molecule has 1 aliphatic rings. The van der Waals surface area contributed by atoms with Crippen molar-refractivity contribution >= 4 is 5.97 Å². The molecule has 0 aliphatic carbocycles. The third kappa shape index (κ3) is 2.56. The van der Waals surface area contributed by atoms with Crippen LogP contribution < -0.4 is 5.32 Å². The van der Waals surface area contributed by atoms with Gasteiger partial charge in [0.05, 0.1) is 0 Å². The van der Waals surface area contributed by atoms with E-state index in [2.05, 4.69) is 31.0 Å². The minimum Gasteiger partial charge on any atom is -0.460 e. The highest BCUT2D eigenvalue weighted by molar-refractivity contribution is 5.82. The Morgan fingerprint density at radius 2 is 2.18 bits per heavy atom. The van der Waals surface area contributed by atoms with Gasteiger partial charge in [0.2, 0.25) is 0 Å². The van der Waals surface area contributed by atoms with Gasteiger partial charge in [-0.25, -0.2) is 4.79 Å². The minimum absolute atomic E-state index is 0.156. The molecule has 1 aromatic rings. The van der Waals surface area contributed by atoms with Crippen LogP contribution in [0.1, 0.15) is 24.9 Å². The van der Waals surface area contributed by atoms with E-state index in [9.17, 15) is 4.79 Å². The zero-order valence-corrected chi connectivity index (χ0v) is 9.98. The first kappa shape index (κ1) is 11.9. The standard InChI is InChI=1S/C14H17NO2/c1-3-12(11-7-5-4-6-8-11)15-13-10(2)9-17-14(13)16/h4-8,12-13,15H,2-3,9H2,1H3/t12?,13-/m0/s1. The predicted octanol–water partition coefficient (Wildman–Crippen LogP) is 2.21. The average Bonchev–Trinajstić information content (AvgIpc) is 2.68. The molecule has 0 aromatic heterocycles. The monoisotopic (exact) mass is 231 g/mol. The van der Waals surface area contributed by atoms with Crippen molar-refractivity contribution in [3.8, 4) is 0 Å². The molecule has 17 heavy (non-hydrogen) atoms. The van der Waals surface area contributed by atoms with Crippen LogP contribution in [0.2, 0.25) is 0 Å². The number of benzene rings is 1. The van der Waals surface area contributed by atoms with Crippen molar-refractivity contribution in [1.82, 2.24) is 5.32 Å². The lowest BCUT2D eigenvalue weighted by molar-refractivity contribution is -0.139. The van der Waals surface area contributed by atoms with Gasteiger partial charge in [-0.15, -0.1) is 0 Å². The minimum atomic E-state index is -0.361. The maximum absolute atomic E-state index is 11.5. The molecule has 1 heterocycles. The molecule has 0 saturated carbocycles. The molecule has 1 saturated heterocycles. The second-order valence-electron chi connectivity index (χ2n) is 4.24. The maximum atomic E-state index is 11.5. The summed E-state index contributed by atoms with van der Waals surface area (Å²) in [6, 6.07) is 9.90. The Morgan fingerprint density at radius 1 is 1.47 bits per heavy atom. The van der Waals surface area contributed by atoms with E-state index in [0.717, 1.165) is 12.0 Å². The van der Waals surface area contributed by atoms with E-state index in [-0.39, 0.29) is 18.1 Å². The van der Waals surface area contributed by atoms with Crippen molar-refractivity contribution < 1.29 is 9.53 Å². The summed E-state index contributed by atoms with van der Waals surface area (Å²) in [5.41, 5.74) is 1.99. The lowest BCUT2D eigenvalue weighted by Gasteiger charge is -2.20. The molecule has 1 N–H and O–H groups in total. The molecule has 1 fully saturated rings. The summed E-state index contributed by atoms with van der Waals surface area (Å²) in [6.07, 6.45) is 0.918. The summed E-state index contributed by atoms with van der Waals surface area (Å²) in [6.45, 7) is 6.28. The average molecular weight is 231 g/mol. The summed E-state index contributed by atoms with van der Waals surface area (Å²) in [5.74, 6) is -0.218. The van der Waals surface area contributed by atoms with Gasteiger partial charge in [0.25, 0.3) is 0 Å². The number of rotatable bonds is 4. The molecule has 0 bridgehead atoms. The third-order valence-corrected chi connectivity index (χ3v) is 3.02. The fourth-order valence-electron chi connectivity index (χ4n) is 2.02. The number of hydrogen-bond acceptors (Lipinski definition) is 3. The SMILES string of the molecule is C=C1COC(=O)[C@H]1NC(CC)c1ccccc1. The molecule has 90 valence electrons. The van der Waals surface area contributed by atoms with Gasteiger partial charge in [0, 0.05) is 6.04 Å². The summed E-state index contributed by atoms with van der Waals surface area (Å²) >= 11 is 0. The zero-order chi connectivity index (χ0) is 12.3. The molecule has 0 spiro atoms. The van der Waals surface area contributed by atoms with Gasteiger partial charge < -0.3 is 4.74 Å². The molecule has 0 radical (unpaired) electrons. The van der Waals surface area contributed by atoms with E-state index < -0.39 is 0 Å². The summed E-state index contributed by atoms with van der Waals surface area (Å²) < 4.78 is 4.96. The Kier molecular flexibility index (Phi) is 3.59. The van der Waals surface area contributed by atoms with Gasteiger partial charge in [-0.3, -0.25) is 5.32 Å². The lowest BCUT2D eigenvalue weighted by Crippen LogP contribution is -2.37. The van der Waals surface area contributed by atoms with E-state index in [1.54, 1.807) is 0 Å². The second-order valence-corrected chi connectivity index (χ2v) is 4.24. The first-order valence-electron chi connectivity index (χ1n) is 5.87. The molecule has 1 aromatic carbocycles. The lowest BCUT2D eigenvalue weighted by atomic mass is 10.0. The molecular formula is C14H17NO2. The molecule has 2 atom stereocenters. The van der Waals surface area contributed by atoms with Crippen LogP contribution in [0.5, 0.6) is 0 Å². The number of esters is 1. The summed E-state index contributed by atoms with van der Waals surface area (Å²) in [4.78, 5) is 11.5. The Bertz CT molecular complexity index is 397. The Labute approximate surface area is 101 Å². The van der Waals surface area contributed by atoms with E-state index >= 15 is 0 Å². The second kappa shape index (κ2) is 5.15. The Balaban J connectivity index is 2.10. The van der Waals surface area contributed by atoms with Gasteiger partial charge in [0.15, 0.2) is 0 Å².